The van der Waals surface area contributed by atoms with Crippen LogP contribution in [0.5, 0.6) is 0 Å². The third kappa shape index (κ3) is 6.10. The van der Waals surface area contributed by atoms with Crippen LogP contribution >= 0.6 is 0 Å². The van der Waals surface area contributed by atoms with Gasteiger partial charge in [0.1, 0.15) is 0 Å². The van der Waals surface area contributed by atoms with Crippen LogP contribution < -0.4 is 5.32 Å². The Morgan fingerprint density at radius 1 is 1.14 bits per heavy atom. The van der Waals surface area contributed by atoms with Crippen LogP contribution in [0.1, 0.15) is 51.1 Å². The number of nitrogens with one attached hydrogen (secondary N) is 1. The number of rotatable bonds is 10. The van der Waals surface area contributed by atoms with Gasteiger partial charge < -0.3 is 10.2 Å². The molecule has 2 nitrogen and oxygen atoms in total. The molecule has 1 N–H and O–H groups in total. The molecule has 1 aromatic carbocycles. The second-order valence-corrected chi connectivity index (χ2v) is 5.62. The molecule has 1 unspecified atom stereocenters. The van der Waals surface area contributed by atoms with Crippen molar-refractivity contribution in [2.45, 2.75) is 45.6 Å². The molecule has 1 rings (SSSR count). The second kappa shape index (κ2) is 9.85. The average Bonchev–Trinajstić information content (AvgIpc) is 2.47. The van der Waals surface area contributed by atoms with Gasteiger partial charge in [-0.05, 0) is 39.0 Å². The second-order valence-electron chi connectivity index (χ2n) is 5.62. The van der Waals surface area contributed by atoms with Crippen LogP contribution in [-0.4, -0.2) is 31.6 Å². The van der Waals surface area contributed by atoms with E-state index in [0.717, 1.165) is 25.9 Å². The van der Waals surface area contributed by atoms with Gasteiger partial charge in [0.2, 0.25) is 0 Å². The van der Waals surface area contributed by atoms with E-state index in [2.05, 4.69) is 24.1 Å². The SMILES string of the molecule is CCCCCN(C)CC(NCCC)c1cccc(F)c1F. The first-order chi connectivity index (χ1) is 10.1. The van der Waals surface area contributed by atoms with Crippen molar-refractivity contribution in [2.24, 2.45) is 0 Å². The number of hydrogen-bond acceptors (Lipinski definition) is 2. The van der Waals surface area contributed by atoms with E-state index in [4.69, 9.17) is 0 Å². The van der Waals surface area contributed by atoms with Gasteiger partial charge in [-0.1, -0.05) is 38.8 Å². The van der Waals surface area contributed by atoms with Crippen LogP contribution in [0.15, 0.2) is 18.2 Å². The first-order valence-electron chi connectivity index (χ1n) is 7.96. The van der Waals surface area contributed by atoms with Gasteiger partial charge in [-0.2, -0.15) is 0 Å². The molecular weight excluding hydrogens is 270 g/mol. The molecule has 1 atom stereocenters. The van der Waals surface area contributed by atoms with E-state index in [-0.39, 0.29) is 6.04 Å². The number of unbranched alkanes of at least 4 members (excludes halogenated alkanes) is 2. The molecule has 0 heterocycles. The Morgan fingerprint density at radius 3 is 2.57 bits per heavy atom. The summed E-state index contributed by atoms with van der Waals surface area (Å²) in [4.78, 5) is 2.19. The Labute approximate surface area is 127 Å². The zero-order valence-electron chi connectivity index (χ0n) is 13.5. The first-order valence-corrected chi connectivity index (χ1v) is 7.96. The molecule has 0 saturated carbocycles. The third-order valence-electron chi connectivity index (χ3n) is 3.64. The standard InChI is InChI=1S/C17H28F2N2/c1-4-6-7-12-21(3)13-16(20-11-5-2)14-9-8-10-15(18)17(14)19/h8-10,16,20H,4-7,11-13H2,1-3H3. The summed E-state index contributed by atoms with van der Waals surface area (Å²) >= 11 is 0. The molecule has 120 valence electrons. The van der Waals surface area contributed by atoms with Crippen LogP contribution in [0, 0.1) is 11.6 Å². The lowest BCUT2D eigenvalue weighted by atomic mass is 10.0. The normalized spacial score (nSPS) is 12.9. The van der Waals surface area contributed by atoms with Gasteiger partial charge in [-0.25, -0.2) is 8.78 Å². The molecule has 0 radical (unpaired) electrons. The number of hydrogen-bond donors (Lipinski definition) is 1. The van der Waals surface area contributed by atoms with E-state index in [9.17, 15) is 8.78 Å². The lowest BCUT2D eigenvalue weighted by Gasteiger charge is -2.26. The number of benzene rings is 1. The minimum atomic E-state index is -0.774. The summed E-state index contributed by atoms with van der Waals surface area (Å²) in [6.07, 6.45) is 4.49. The molecular formula is C17H28F2N2. The minimum Gasteiger partial charge on any atom is -0.309 e. The topological polar surface area (TPSA) is 15.3 Å². The van der Waals surface area contributed by atoms with E-state index >= 15 is 0 Å². The fraction of sp³-hybridized carbons (Fsp3) is 0.647. The number of likely N-dealkylation sites (N-methyl/N-ethyl adjacent to an activating group) is 1. The largest absolute Gasteiger partial charge is 0.309 e. The van der Waals surface area contributed by atoms with Crippen molar-refractivity contribution < 1.29 is 8.78 Å². The van der Waals surface area contributed by atoms with Crippen molar-refractivity contribution in [3.05, 3.63) is 35.4 Å². The predicted octanol–water partition coefficient (Wildman–Crippen LogP) is 4.13. The Morgan fingerprint density at radius 2 is 1.90 bits per heavy atom. The molecule has 0 amide bonds. The van der Waals surface area contributed by atoms with Gasteiger partial charge in [-0.15, -0.1) is 0 Å². The lowest BCUT2D eigenvalue weighted by molar-refractivity contribution is 0.280. The third-order valence-corrected chi connectivity index (χ3v) is 3.64. The van der Waals surface area contributed by atoms with Gasteiger partial charge in [0.15, 0.2) is 11.6 Å². The molecule has 1 aromatic rings. The van der Waals surface area contributed by atoms with E-state index in [1.807, 2.05) is 7.05 Å². The van der Waals surface area contributed by atoms with E-state index < -0.39 is 11.6 Å². The van der Waals surface area contributed by atoms with Crippen LogP contribution in [0.3, 0.4) is 0 Å². The van der Waals surface area contributed by atoms with E-state index in [0.29, 0.717) is 12.1 Å². The smallest absolute Gasteiger partial charge is 0.163 e. The Kier molecular flexibility index (Phi) is 8.47. The van der Waals surface area contributed by atoms with Crippen molar-refractivity contribution in [1.29, 1.82) is 0 Å². The maximum atomic E-state index is 14.0. The molecule has 0 saturated heterocycles. The number of halogens is 2. The molecule has 0 spiro atoms. The Hall–Kier alpha value is -1.00. The highest BCUT2D eigenvalue weighted by Crippen LogP contribution is 2.20. The van der Waals surface area contributed by atoms with Crippen LogP contribution in [0.4, 0.5) is 8.78 Å². The summed E-state index contributed by atoms with van der Waals surface area (Å²) < 4.78 is 27.4. The van der Waals surface area contributed by atoms with Gasteiger partial charge in [0.25, 0.3) is 0 Å². The molecule has 4 heteroatoms. The highest BCUT2D eigenvalue weighted by molar-refractivity contribution is 5.23. The fourth-order valence-corrected chi connectivity index (χ4v) is 2.42. The number of nitrogens with zero attached hydrogens (tertiary/aromatic N) is 1. The maximum Gasteiger partial charge on any atom is 0.163 e. The molecule has 0 aliphatic rings. The van der Waals surface area contributed by atoms with Gasteiger partial charge in [0.05, 0.1) is 0 Å². The molecule has 0 bridgehead atoms. The fourth-order valence-electron chi connectivity index (χ4n) is 2.42. The highest BCUT2D eigenvalue weighted by atomic mass is 19.2. The predicted molar refractivity (Wildman–Crippen MR) is 84.4 cm³/mol. The maximum absolute atomic E-state index is 14.0. The van der Waals surface area contributed by atoms with Crippen molar-refractivity contribution in [2.75, 3.05) is 26.7 Å². The molecule has 0 aromatic heterocycles. The van der Waals surface area contributed by atoms with E-state index in [1.54, 1.807) is 12.1 Å². The summed E-state index contributed by atoms with van der Waals surface area (Å²) in [7, 11) is 2.04. The first kappa shape index (κ1) is 18.1. The summed E-state index contributed by atoms with van der Waals surface area (Å²) in [5.41, 5.74) is 0.422. The molecule has 0 aliphatic heterocycles. The van der Waals surface area contributed by atoms with Crippen LogP contribution in [-0.2, 0) is 0 Å². The zero-order chi connectivity index (χ0) is 15.7. The average molecular weight is 298 g/mol. The highest BCUT2D eigenvalue weighted by Gasteiger charge is 2.19. The quantitative estimate of drug-likeness (QED) is 0.653. The monoisotopic (exact) mass is 298 g/mol. The zero-order valence-corrected chi connectivity index (χ0v) is 13.5. The summed E-state index contributed by atoms with van der Waals surface area (Å²) in [6.45, 7) is 6.70. The molecule has 0 aliphatic carbocycles. The summed E-state index contributed by atoms with van der Waals surface area (Å²) in [6, 6.07) is 4.24. The summed E-state index contributed by atoms with van der Waals surface area (Å²) in [5.74, 6) is -1.50. The van der Waals surface area contributed by atoms with Crippen molar-refractivity contribution >= 4 is 0 Å². The van der Waals surface area contributed by atoms with Crippen molar-refractivity contribution in [3.63, 3.8) is 0 Å². The summed E-state index contributed by atoms with van der Waals surface area (Å²) in [5, 5.41) is 3.33. The minimum absolute atomic E-state index is 0.174. The van der Waals surface area contributed by atoms with Gasteiger partial charge >= 0.3 is 0 Å². The van der Waals surface area contributed by atoms with Gasteiger partial charge in [-0.3, -0.25) is 0 Å². The van der Waals surface area contributed by atoms with Crippen LogP contribution in [0.2, 0.25) is 0 Å². The molecule has 0 fully saturated rings. The Balaban J connectivity index is 2.73. The van der Waals surface area contributed by atoms with Crippen molar-refractivity contribution in [3.8, 4) is 0 Å². The molecule has 21 heavy (non-hydrogen) atoms. The van der Waals surface area contributed by atoms with Gasteiger partial charge in [0, 0.05) is 18.2 Å². The Bertz CT molecular complexity index is 410. The van der Waals surface area contributed by atoms with Crippen molar-refractivity contribution in [1.82, 2.24) is 10.2 Å². The van der Waals surface area contributed by atoms with Crippen LogP contribution in [0.25, 0.3) is 0 Å². The lowest BCUT2D eigenvalue weighted by Crippen LogP contribution is -2.34. The van der Waals surface area contributed by atoms with E-state index in [1.165, 1.54) is 18.9 Å².